The quantitative estimate of drug-likeness (QED) is 0.795. The van der Waals surface area contributed by atoms with Crippen LogP contribution in [0.25, 0.3) is 0 Å². The molecule has 1 saturated heterocycles. The van der Waals surface area contributed by atoms with Gasteiger partial charge in [0.1, 0.15) is 0 Å². The molecule has 2 rings (SSSR count). The lowest BCUT2D eigenvalue weighted by Gasteiger charge is -2.22. The number of nitrogen functional groups attached to an aromatic ring is 1. The molecule has 6 heteroatoms. The Balaban J connectivity index is 1.98. The van der Waals surface area contributed by atoms with Gasteiger partial charge in [-0.1, -0.05) is 18.2 Å². The largest absolute Gasteiger partial charge is 0.398 e. The molecule has 1 aliphatic heterocycles. The van der Waals surface area contributed by atoms with E-state index in [-0.39, 0.29) is 11.8 Å². The summed E-state index contributed by atoms with van der Waals surface area (Å²) in [5, 5.41) is -0.351. The van der Waals surface area contributed by atoms with Crippen LogP contribution in [-0.2, 0) is 21.3 Å². The van der Waals surface area contributed by atoms with Crippen molar-refractivity contribution < 1.29 is 13.2 Å². The summed E-state index contributed by atoms with van der Waals surface area (Å²) in [5.74, 6) is 0. The zero-order valence-corrected chi connectivity index (χ0v) is 10.9. The first kappa shape index (κ1) is 13.3. The summed E-state index contributed by atoms with van der Waals surface area (Å²) >= 11 is 0. The minimum atomic E-state index is -3.28. The maximum absolute atomic E-state index is 12.1. The van der Waals surface area contributed by atoms with Crippen molar-refractivity contribution in [2.45, 2.75) is 24.6 Å². The number of hydrogen-bond acceptors (Lipinski definition) is 4. The van der Waals surface area contributed by atoms with Crippen LogP contribution in [-0.4, -0.2) is 26.9 Å². The van der Waals surface area contributed by atoms with Crippen molar-refractivity contribution in [2.75, 3.05) is 18.9 Å². The van der Waals surface area contributed by atoms with Crippen LogP contribution in [0.3, 0.4) is 0 Å². The highest BCUT2D eigenvalue weighted by molar-refractivity contribution is 7.90. The summed E-state index contributed by atoms with van der Waals surface area (Å²) < 4.78 is 31.9. The van der Waals surface area contributed by atoms with Crippen molar-refractivity contribution in [3.63, 3.8) is 0 Å². The zero-order chi connectivity index (χ0) is 13.0. The highest BCUT2D eigenvalue weighted by Gasteiger charge is 2.27. The molecule has 0 amide bonds. The second kappa shape index (κ2) is 5.69. The SMILES string of the molecule is Nc1ccccc1CNS(=O)(=O)C1CCOCC1. The van der Waals surface area contributed by atoms with Crippen molar-refractivity contribution in [3.8, 4) is 0 Å². The Morgan fingerprint density at radius 1 is 1.28 bits per heavy atom. The van der Waals surface area contributed by atoms with Crippen LogP contribution in [0.5, 0.6) is 0 Å². The molecule has 0 radical (unpaired) electrons. The van der Waals surface area contributed by atoms with Crippen molar-refractivity contribution in [1.82, 2.24) is 4.72 Å². The van der Waals surface area contributed by atoms with Gasteiger partial charge < -0.3 is 10.5 Å². The summed E-state index contributed by atoms with van der Waals surface area (Å²) in [6.45, 7) is 1.27. The fraction of sp³-hybridized carbons (Fsp3) is 0.500. The molecule has 0 aliphatic carbocycles. The number of nitrogens with two attached hydrogens (primary N) is 1. The van der Waals surface area contributed by atoms with E-state index in [1.165, 1.54) is 0 Å². The first-order chi connectivity index (χ1) is 8.59. The first-order valence-electron chi connectivity index (χ1n) is 5.99. The Morgan fingerprint density at radius 3 is 2.61 bits per heavy atom. The van der Waals surface area contributed by atoms with Crippen LogP contribution >= 0.6 is 0 Å². The molecular weight excluding hydrogens is 252 g/mol. The lowest BCUT2D eigenvalue weighted by molar-refractivity contribution is 0.0981. The van der Waals surface area contributed by atoms with Crippen molar-refractivity contribution in [1.29, 1.82) is 0 Å². The number of rotatable bonds is 4. The summed E-state index contributed by atoms with van der Waals surface area (Å²) in [6, 6.07) is 7.25. The molecular formula is C12H18N2O3S. The van der Waals surface area contributed by atoms with E-state index >= 15 is 0 Å². The molecule has 18 heavy (non-hydrogen) atoms. The number of nitrogens with one attached hydrogen (secondary N) is 1. The van der Waals surface area contributed by atoms with Gasteiger partial charge in [-0.3, -0.25) is 0 Å². The summed E-state index contributed by atoms with van der Waals surface area (Å²) in [4.78, 5) is 0. The number of anilines is 1. The highest BCUT2D eigenvalue weighted by atomic mass is 32.2. The average molecular weight is 270 g/mol. The molecule has 3 N–H and O–H groups in total. The molecule has 1 aliphatic rings. The summed E-state index contributed by atoms with van der Waals surface area (Å²) in [6.07, 6.45) is 1.11. The molecule has 100 valence electrons. The molecule has 0 atom stereocenters. The van der Waals surface area contributed by atoms with E-state index in [1.807, 2.05) is 18.2 Å². The predicted molar refractivity (Wildman–Crippen MR) is 70.5 cm³/mol. The number of ether oxygens (including phenoxy) is 1. The van der Waals surface area contributed by atoms with Crippen molar-refractivity contribution >= 4 is 15.7 Å². The third-order valence-corrected chi connectivity index (χ3v) is 5.02. The maximum Gasteiger partial charge on any atom is 0.214 e. The normalized spacial score (nSPS) is 17.8. The highest BCUT2D eigenvalue weighted by Crippen LogP contribution is 2.16. The molecule has 1 aromatic carbocycles. The molecule has 5 nitrogen and oxygen atoms in total. The topological polar surface area (TPSA) is 81.4 Å². The predicted octanol–water partition coefficient (Wildman–Crippen LogP) is 0.867. The molecule has 0 saturated carbocycles. The Bertz CT molecular complexity index is 496. The van der Waals surface area contributed by atoms with E-state index in [2.05, 4.69) is 4.72 Å². The van der Waals surface area contributed by atoms with E-state index in [1.54, 1.807) is 6.07 Å². The number of benzene rings is 1. The van der Waals surface area contributed by atoms with Gasteiger partial charge in [-0.15, -0.1) is 0 Å². The second-order valence-electron chi connectivity index (χ2n) is 4.38. The van der Waals surface area contributed by atoms with E-state index in [4.69, 9.17) is 10.5 Å². The molecule has 1 heterocycles. The number of para-hydroxylation sites is 1. The van der Waals surface area contributed by atoms with E-state index in [0.29, 0.717) is 31.7 Å². The van der Waals surface area contributed by atoms with Gasteiger partial charge >= 0.3 is 0 Å². The van der Waals surface area contributed by atoms with Gasteiger partial charge in [0.15, 0.2) is 0 Å². The Labute approximate surface area is 107 Å². The lowest BCUT2D eigenvalue weighted by atomic mass is 10.2. The molecule has 0 bridgehead atoms. The summed E-state index contributed by atoms with van der Waals surface area (Å²) in [5.41, 5.74) is 7.18. The minimum Gasteiger partial charge on any atom is -0.398 e. The summed E-state index contributed by atoms with van der Waals surface area (Å²) in [7, 11) is -3.28. The standard InChI is InChI=1S/C12H18N2O3S/c13-12-4-2-1-3-10(12)9-14-18(15,16)11-5-7-17-8-6-11/h1-4,11,14H,5-9,13H2. The fourth-order valence-electron chi connectivity index (χ4n) is 1.98. The van der Waals surface area contributed by atoms with Crippen LogP contribution < -0.4 is 10.5 Å². The molecule has 1 fully saturated rings. The van der Waals surface area contributed by atoms with Crippen molar-refractivity contribution in [2.24, 2.45) is 0 Å². The third kappa shape index (κ3) is 3.22. The average Bonchev–Trinajstić information content (AvgIpc) is 2.39. The monoisotopic (exact) mass is 270 g/mol. The molecule has 0 unspecified atom stereocenters. The van der Waals surface area contributed by atoms with Crippen LogP contribution in [0.4, 0.5) is 5.69 Å². The minimum absolute atomic E-state index is 0.242. The third-order valence-electron chi connectivity index (χ3n) is 3.13. The first-order valence-corrected chi connectivity index (χ1v) is 7.54. The Kier molecular flexibility index (Phi) is 4.21. The van der Waals surface area contributed by atoms with Gasteiger partial charge in [-0.25, -0.2) is 13.1 Å². The van der Waals surface area contributed by atoms with Gasteiger partial charge in [0.05, 0.1) is 5.25 Å². The van der Waals surface area contributed by atoms with E-state index in [0.717, 1.165) is 5.56 Å². The van der Waals surface area contributed by atoms with Crippen molar-refractivity contribution in [3.05, 3.63) is 29.8 Å². The molecule has 0 spiro atoms. The fourth-order valence-corrected chi connectivity index (χ4v) is 3.38. The number of sulfonamides is 1. The van der Waals surface area contributed by atoms with Crippen LogP contribution in [0.1, 0.15) is 18.4 Å². The van der Waals surface area contributed by atoms with Gasteiger partial charge in [0.25, 0.3) is 0 Å². The Morgan fingerprint density at radius 2 is 1.94 bits per heavy atom. The molecule has 1 aromatic rings. The molecule has 0 aromatic heterocycles. The van der Waals surface area contributed by atoms with Gasteiger partial charge in [0.2, 0.25) is 10.0 Å². The zero-order valence-electron chi connectivity index (χ0n) is 10.1. The maximum atomic E-state index is 12.1. The van der Waals surface area contributed by atoms with Crippen LogP contribution in [0, 0.1) is 0 Å². The van der Waals surface area contributed by atoms with Crippen LogP contribution in [0.15, 0.2) is 24.3 Å². The smallest absolute Gasteiger partial charge is 0.214 e. The number of hydrogen-bond donors (Lipinski definition) is 2. The van der Waals surface area contributed by atoms with Gasteiger partial charge in [-0.2, -0.15) is 0 Å². The lowest BCUT2D eigenvalue weighted by Crippen LogP contribution is -2.37. The van der Waals surface area contributed by atoms with Gasteiger partial charge in [0, 0.05) is 25.4 Å². The van der Waals surface area contributed by atoms with E-state index < -0.39 is 10.0 Å². The Hall–Kier alpha value is -1.11. The van der Waals surface area contributed by atoms with Gasteiger partial charge in [-0.05, 0) is 24.5 Å². The van der Waals surface area contributed by atoms with E-state index in [9.17, 15) is 8.42 Å². The second-order valence-corrected chi connectivity index (χ2v) is 6.42. The van der Waals surface area contributed by atoms with Crippen LogP contribution in [0.2, 0.25) is 0 Å².